The van der Waals surface area contributed by atoms with E-state index in [9.17, 15) is 78.3 Å². The van der Waals surface area contributed by atoms with Crippen molar-refractivity contribution >= 4 is 77.8 Å². The summed E-state index contributed by atoms with van der Waals surface area (Å²) in [6.07, 6.45) is -5.80. The summed E-state index contributed by atoms with van der Waals surface area (Å²) in [5.74, 6) is -14.3. The molecule has 346 valence electrons. The standard InChI is InChI=1S/C35H59N9O16S/c1-14(2)7-18(29(53)42-21(35(59)60)8-15(3)4)40-33(57)27(16(5)45)43-31(55)20(10-26(51)52)39-30(54)19(9-25(49)50)41-34(58)28(17(6)46)44-32(56)22(13-61)38-24(48)12-37-23(47)11-36/h14-22,27-28,45-46,61H,7-13,36H2,1-6H3,(H,37,47)(H,38,48)(H,39,54)(H,40,57)(H,41,58)(H,42,53)(H,43,55)(H,44,56)(H,49,50)(H,51,52)(H,59,60)/t16-,17-,18+,19+,20+,21+,22+,27+,28+/m1/s1. The van der Waals surface area contributed by atoms with Gasteiger partial charge in [-0.25, -0.2) is 4.79 Å². The lowest BCUT2D eigenvalue weighted by Gasteiger charge is -2.28. The molecule has 0 saturated carbocycles. The lowest BCUT2D eigenvalue weighted by atomic mass is 10.00. The number of carbonyl (C=O) groups is 11. The maximum absolute atomic E-state index is 13.4. The number of rotatable bonds is 28. The number of nitrogens with one attached hydrogen (secondary N) is 8. The first kappa shape index (κ1) is 55.4. The summed E-state index contributed by atoms with van der Waals surface area (Å²) >= 11 is 3.97. The van der Waals surface area contributed by atoms with Crippen LogP contribution >= 0.6 is 12.6 Å². The molecule has 0 aromatic heterocycles. The smallest absolute Gasteiger partial charge is 0.326 e. The van der Waals surface area contributed by atoms with E-state index in [2.05, 4.69) is 44.5 Å². The van der Waals surface area contributed by atoms with Crippen LogP contribution in [-0.2, 0) is 52.7 Å². The normalized spacial score (nSPS) is 15.5. The van der Waals surface area contributed by atoms with Crippen LogP contribution in [0.4, 0.5) is 0 Å². The van der Waals surface area contributed by atoms with E-state index in [0.717, 1.165) is 13.8 Å². The minimum atomic E-state index is -2.10. The van der Waals surface area contributed by atoms with Crippen molar-refractivity contribution in [2.45, 2.75) is 122 Å². The van der Waals surface area contributed by atoms with Crippen LogP contribution in [0.15, 0.2) is 0 Å². The first-order valence-electron chi connectivity index (χ1n) is 19.0. The molecule has 0 heterocycles. The van der Waals surface area contributed by atoms with Gasteiger partial charge in [0, 0.05) is 5.75 Å². The maximum atomic E-state index is 13.4. The van der Waals surface area contributed by atoms with E-state index in [0.29, 0.717) is 0 Å². The van der Waals surface area contributed by atoms with Crippen LogP contribution in [0.25, 0.3) is 0 Å². The Hall–Kier alpha value is -5.60. The third-order valence-electron chi connectivity index (χ3n) is 8.28. The molecule has 61 heavy (non-hydrogen) atoms. The highest BCUT2D eigenvalue weighted by Crippen LogP contribution is 2.10. The van der Waals surface area contributed by atoms with Crippen LogP contribution in [0.5, 0.6) is 0 Å². The molecule has 9 atom stereocenters. The molecular weight excluding hydrogens is 834 g/mol. The Morgan fingerprint density at radius 1 is 0.492 bits per heavy atom. The highest BCUT2D eigenvalue weighted by atomic mass is 32.1. The van der Waals surface area contributed by atoms with E-state index in [4.69, 9.17) is 5.73 Å². The number of thiol groups is 1. The van der Waals surface area contributed by atoms with Crippen LogP contribution in [-0.4, -0.2) is 164 Å². The Kier molecular flexibility index (Phi) is 24.8. The van der Waals surface area contributed by atoms with Gasteiger partial charge in [0.1, 0.15) is 42.3 Å². The average Bonchev–Trinajstić information content (AvgIpc) is 3.14. The average molecular weight is 894 g/mol. The van der Waals surface area contributed by atoms with Crippen molar-refractivity contribution in [3.05, 3.63) is 0 Å². The molecule has 0 aromatic rings. The van der Waals surface area contributed by atoms with Gasteiger partial charge in [0.2, 0.25) is 47.3 Å². The molecule has 0 aliphatic rings. The molecule has 0 bridgehead atoms. The van der Waals surface area contributed by atoms with Gasteiger partial charge in [-0.1, -0.05) is 27.7 Å². The second-order valence-corrected chi connectivity index (χ2v) is 15.1. The van der Waals surface area contributed by atoms with E-state index < -0.39 is 146 Å². The number of carboxylic acids is 3. The Morgan fingerprint density at radius 2 is 0.852 bits per heavy atom. The number of hydrogen-bond donors (Lipinski definition) is 15. The SMILES string of the molecule is CC(C)C[C@H](NC(=O)[C@H](CC(C)C)NC(=O)[C@@H](NC(=O)[C@H](CC(=O)O)NC(=O)[C@H](CC(=O)O)NC(=O)[C@@H](NC(=O)[C@H](CS)NC(=O)CNC(=O)CN)[C@@H](C)O)[C@@H](C)O)C(=O)O. The molecule has 0 aliphatic carbocycles. The zero-order chi connectivity index (χ0) is 47.3. The quantitative estimate of drug-likeness (QED) is 0.0325. The zero-order valence-electron chi connectivity index (χ0n) is 34.6. The summed E-state index contributed by atoms with van der Waals surface area (Å²) < 4.78 is 0. The Labute approximate surface area is 356 Å². The van der Waals surface area contributed by atoms with Gasteiger partial charge in [-0.05, 0) is 38.5 Å². The molecule has 0 unspecified atom stereocenters. The van der Waals surface area contributed by atoms with Crippen LogP contribution in [0.2, 0.25) is 0 Å². The molecule has 26 heteroatoms. The van der Waals surface area contributed by atoms with Crippen molar-refractivity contribution in [2.75, 3.05) is 18.8 Å². The largest absolute Gasteiger partial charge is 0.481 e. The highest BCUT2D eigenvalue weighted by molar-refractivity contribution is 7.80. The van der Waals surface area contributed by atoms with Gasteiger partial charge in [0.15, 0.2) is 0 Å². The van der Waals surface area contributed by atoms with Gasteiger partial charge in [-0.2, -0.15) is 12.6 Å². The number of carboxylic acid groups (broad SMARTS) is 3. The second-order valence-electron chi connectivity index (χ2n) is 14.8. The van der Waals surface area contributed by atoms with Crippen molar-refractivity contribution in [1.82, 2.24) is 42.5 Å². The molecule has 0 aliphatic heterocycles. The van der Waals surface area contributed by atoms with Crippen LogP contribution in [0, 0.1) is 11.8 Å². The van der Waals surface area contributed by atoms with E-state index in [1.54, 1.807) is 27.7 Å². The highest BCUT2D eigenvalue weighted by Gasteiger charge is 2.37. The van der Waals surface area contributed by atoms with Gasteiger partial charge in [0.05, 0.1) is 38.1 Å². The van der Waals surface area contributed by atoms with E-state index in [1.165, 1.54) is 0 Å². The van der Waals surface area contributed by atoms with Gasteiger partial charge < -0.3 is 73.8 Å². The number of aliphatic hydroxyl groups is 2. The maximum Gasteiger partial charge on any atom is 0.326 e. The molecule has 0 aromatic carbocycles. The summed E-state index contributed by atoms with van der Waals surface area (Å²) in [5.41, 5.74) is 5.15. The molecular formula is C35H59N9O16S. The van der Waals surface area contributed by atoms with Gasteiger partial charge >= 0.3 is 17.9 Å². The first-order valence-corrected chi connectivity index (χ1v) is 19.6. The molecule has 0 rings (SSSR count). The van der Waals surface area contributed by atoms with Crippen molar-refractivity contribution < 1.29 is 78.3 Å². The Morgan fingerprint density at radius 3 is 1.23 bits per heavy atom. The molecule has 0 spiro atoms. The lowest BCUT2D eigenvalue weighted by Crippen LogP contribution is -2.62. The third kappa shape index (κ3) is 21.5. The molecule has 0 radical (unpaired) electrons. The Bertz CT molecular complexity index is 1600. The lowest BCUT2D eigenvalue weighted by molar-refractivity contribution is -0.144. The fourth-order valence-corrected chi connectivity index (χ4v) is 5.50. The molecule has 0 fully saturated rings. The number of nitrogens with two attached hydrogens (primary N) is 1. The predicted octanol–water partition coefficient (Wildman–Crippen LogP) is -5.73. The van der Waals surface area contributed by atoms with Crippen molar-refractivity contribution in [3.8, 4) is 0 Å². The van der Waals surface area contributed by atoms with Gasteiger partial charge in [-0.15, -0.1) is 0 Å². The van der Waals surface area contributed by atoms with Crippen molar-refractivity contribution in [1.29, 1.82) is 0 Å². The topological polar surface area (TPSA) is 411 Å². The summed E-state index contributed by atoms with van der Waals surface area (Å²) in [6, 6.07) is -12.2. The molecule has 0 saturated heterocycles. The zero-order valence-corrected chi connectivity index (χ0v) is 35.4. The number of aliphatic carboxylic acids is 3. The minimum Gasteiger partial charge on any atom is -0.481 e. The third-order valence-corrected chi connectivity index (χ3v) is 8.64. The summed E-state index contributed by atoms with van der Waals surface area (Å²) in [7, 11) is 0. The fraction of sp³-hybridized carbons (Fsp3) is 0.686. The van der Waals surface area contributed by atoms with Gasteiger partial charge in [0.25, 0.3) is 0 Å². The minimum absolute atomic E-state index is 0.0249. The summed E-state index contributed by atoms with van der Waals surface area (Å²) in [5, 5.41) is 66.6. The summed E-state index contributed by atoms with van der Waals surface area (Å²) in [6.45, 7) is 7.93. The van der Waals surface area contributed by atoms with Crippen LogP contribution < -0.4 is 48.3 Å². The number of amides is 8. The van der Waals surface area contributed by atoms with Gasteiger partial charge in [-0.3, -0.25) is 47.9 Å². The molecule has 25 nitrogen and oxygen atoms in total. The fourth-order valence-electron chi connectivity index (χ4n) is 5.24. The molecule has 8 amide bonds. The predicted molar refractivity (Wildman–Crippen MR) is 214 cm³/mol. The summed E-state index contributed by atoms with van der Waals surface area (Å²) in [4.78, 5) is 138. The molecule has 15 N–H and O–H groups in total. The van der Waals surface area contributed by atoms with Crippen molar-refractivity contribution in [3.63, 3.8) is 0 Å². The van der Waals surface area contributed by atoms with Crippen molar-refractivity contribution in [2.24, 2.45) is 17.6 Å². The Balaban J connectivity index is 6.27. The monoisotopic (exact) mass is 893 g/mol. The van der Waals surface area contributed by atoms with E-state index >= 15 is 0 Å². The van der Waals surface area contributed by atoms with E-state index in [-0.39, 0.29) is 30.4 Å². The van der Waals surface area contributed by atoms with Crippen LogP contribution in [0.3, 0.4) is 0 Å². The second kappa shape index (κ2) is 27.3. The van der Waals surface area contributed by atoms with E-state index in [1.807, 2.05) is 10.6 Å². The first-order chi connectivity index (χ1) is 28.2. The van der Waals surface area contributed by atoms with Crippen LogP contribution in [0.1, 0.15) is 67.2 Å². The number of hydrogen-bond acceptors (Lipinski definition) is 15. The number of aliphatic hydroxyl groups excluding tert-OH is 2. The number of carbonyl (C=O) groups excluding carboxylic acids is 8.